The average molecular weight is 785 g/mol. The molecule has 2 fully saturated rings. The van der Waals surface area contributed by atoms with Crippen molar-refractivity contribution in [3.8, 4) is 34.0 Å². The smallest absolute Gasteiger partial charge is 0.235 e. The molecule has 0 saturated heterocycles. The van der Waals surface area contributed by atoms with Crippen LogP contribution in [0.3, 0.4) is 0 Å². The Balaban J connectivity index is 1.03. The standard InChI is InChI=1S/C57H44N4/c1-57(34-36-19-20-37(31-36)35-57)42-25-21-40(22-26-42)55-54-44-14-6-5-13-39(44)23-29-49(54)58-56(59-55)61-51-18-10-7-15-45(51)47-28-27-43(33-53(47)61)60-50-17-9-8-16-46(50)48-32-41(24-30-52(48)60)38-11-3-2-4-12-38/h2-18,21-30,32-33,36-37H,19-20,31,34-35H2,1H3/t36-,37-/m1/s1. The van der Waals surface area contributed by atoms with Crippen molar-refractivity contribution in [2.24, 2.45) is 11.8 Å². The lowest BCUT2D eigenvalue weighted by atomic mass is 9.66. The Bertz CT molecular complexity index is 3530. The number of nitrogens with zero attached hydrogens (tertiary/aromatic N) is 4. The topological polar surface area (TPSA) is 35.6 Å². The molecule has 2 aliphatic rings. The molecular formula is C57H44N4. The van der Waals surface area contributed by atoms with E-state index in [1.165, 1.54) is 92.1 Å². The molecule has 0 N–H and O–H groups in total. The third kappa shape index (κ3) is 5.38. The van der Waals surface area contributed by atoms with E-state index < -0.39 is 0 Å². The maximum atomic E-state index is 5.63. The molecule has 2 bridgehead atoms. The summed E-state index contributed by atoms with van der Waals surface area (Å²) in [7, 11) is 0. The molecule has 0 aliphatic heterocycles. The molecule has 11 aromatic rings. The fourth-order valence-corrected chi connectivity index (χ4v) is 11.7. The molecule has 0 spiro atoms. The molecule has 0 radical (unpaired) electrons. The number of fused-ring (bicyclic) bond motifs is 11. The first-order valence-corrected chi connectivity index (χ1v) is 22.0. The number of hydrogen-bond acceptors (Lipinski definition) is 2. The van der Waals surface area contributed by atoms with Crippen molar-refractivity contribution in [1.82, 2.24) is 19.1 Å². The van der Waals surface area contributed by atoms with Crippen molar-refractivity contribution in [3.05, 3.63) is 181 Å². The third-order valence-corrected chi connectivity index (χ3v) is 14.5. The third-order valence-electron chi connectivity index (χ3n) is 14.5. The second kappa shape index (κ2) is 13.2. The van der Waals surface area contributed by atoms with Gasteiger partial charge in [0.2, 0.25) is 5.95 Å². The summed E-state index contributed by atoms with van der Waals surface area (Å²) < 4.78 is 4.71. The molecule has 292 valence electrons. The Morgan fingerprint density at radius 1 is 0.475 bits per heavy atom. The first-order valence-electron chi connectivity index (χ1n) is 22.0. The van der Waals surface area contributed by atoms with Gasteiger partial charge in [-0.3, -0.25) is 4.57 Å². The van der Waals surface area contributed by atoms with Gasteiger partial charge in [-0.2, -0.15) is 0 Å². The molecule has 8 aromatic carbocycles. The summed E-state index contributed by atoms with van der Waals surface area (Å²) in [4.78, 5) is 11.1. The minimum Gasteiger partial charge on any atom is -0.309 e. The van der Waals surface area contributed by atoms with E-state index in [2.05, 4.69) is 192 Å². The van der Waals surface area contributed by atoms with Gasteiger partial charge in [0.15, 0.2) is 0 Å². The monoisotopic (exact) mass is 784 g/mol. The van der Waals surface area contributed by atoms with E-state index in [0.29, 0.717) is 5.95 Å². The molecule has 3 heterocycles. The highest BCUT2D eigenvalue weighted by Gasteiger charge is 2.41. The highest BCUT2D eigenvalue weighted by Crippen LogP contribution is 2.52. The van der Waals surface area contributed by atoms with Crippen molar-refractivity contribution in [2.45, 2.75) is 44.4 Å². The Kier molecular flexibility index (Phi) is 7.54. The molecule has 4 nitrogen and oxygen atoms in total. The molecule has 0 unspecified atom stereocenters. The Morgan fingerprint density at radius 3 is 1.90 bits per heavy atom. The zero-order valence-corrected chi connectivity index (χ0v) is 34.2. The van der Waals surface area contributed by atoms with E-state index in [1.807, 2.05) is 0 Å². The molecule has 0 amide bonds. The number of aromatic nitrogens is 4. The summed E-state index contributed by atoms with van der Waals surface area (Å²) in [5, 5.41) is 8.30. The minimum absolute atomic E-state index is 0.232. The number of benzene rings is 8. The molecule has 61 heavy (non-hydrogen) atoms. The van der Waals surface area contributed by atoms with Gasteiger partial charge in [0, 0.05) is 38.2 Å². The summed E-state index contributed by atoms with van der Waals surface area (Å²) >= 11 is 0. The summed E-state index contributed by atoms with van der Waals surface area (Å²) in [6, 6.07) is 64.4. The van der Waals surface area contributed by atoms with Crippen LogP contribution in [0.2, 0.25) is 0 Å². The second-order valence-corrected chi connectivity index (χ2v) is 18.1. The zero-order chi connectivity index (χ0) is 40.2. The predicted molar refractivity (Wildman–Crippen MR) is 254 cm³/mol. The number of rotatable bonds is 5. The van der Waals surface area contributed by atoms with Gasteiger partial charge in [-0.1, -0.05) is 153 Å². The molecule has 2 aliphatic carbocycles. The first-order chi connectivity index (χ1) is 30.1. The predicted octanol–water partition coefficient (Wildman–Crippen LogP) is 14.8. The molecule has 13 rings (SSSR count). The maximum absolute atomic E-state index is 5.63. The molecule has 4 heteroatoms. The lowest BCUT2D eigenvalue weighted by Crippen LogP contribution is -2.30. The van der Waals surface area contributed by atoms with Gasteiger partial charge >= 0.3 is 0 Å². The van der Waals surface area contributed by atoms with E-state index in [-0.39, 0.29) is 5.41 Å². The lowest BCUT2D eigenvalue weighted by molar-refractivity contribution is 0.232. The van der Waals surface area contributed by atoms with E-state index >= 15 is 0 Å². The summed E-state index contributed by atoms with van der Waals surface area (Å²) in [5.41, 5.74) is 12.8. The van der Waals surface area contributed by atoms with Crippen LogP contribution in [0.5, 0.6) is 0 Å². The Morgan fingerprint density at radius 2 is 1.11 bits per heavy atom. The van der Waals surface area contributed by atoms with Crippen molar-refractivity contribution in [1.29, 1.82) is 0 Å². The van der Waals surface area contributed by atoms with Gasteiger partial charge in [-0.15, -0.1) is 0 Å². The van der Waals surface area contributed by atoms with Gasteiger partial charge < -0.3 is 4.57 Å². The number of hydrogen-bond donors (Lipinski definition) is 0. The van der Waals surface area contributed by atoms with Crippen LogP contribution >= 0.6 is 0 Å². The van der Waals surface area contributed by atoms with E-state index in [4.69, 9.17) is 9.97 Å². The zero-order valence-electron chi connectivity index (χ0n) is 34.2. The van der Waals surface area contributed by atoms with Crippen LogP contribution < -0.4 is 0 Å². The normalized spacial score (nSPS) is 19.0. The maximum Gasteiger partial charge on any atom is 0.235 e. The van der Waals surface area contributed by atoms with Crippen molar-refractivity contribution in [2.75, 3.05) is 0 Å². The van der Waals surface area contributed by atoms with Crippen LogP contribution in [-0.2, 0) is 5.41 Å². The van der Waals surface area contributed by atoms with E-state index in [0.717, 1.165) is 50.7 Å². The first kappa shape index (κ1) is 34.8. The fourth-order valence-electron chi connectivity index (χ4n) is 11.7. The summed E-state index contributed by atoms with van der Waals surface area (Å²) in [5.74, 6) is 2.42. The number of para-hydroxylation sites is 2. The lowest BCUT2D eigenvalue weighted by Gasteiger charge is -2.38. The minimum atomic E-state index is 0.232. The van der Waals surface area contributed by atoms with Gasteiger partial charge in [0.25, 0.3) is 0 Å². The van der Waals surface area contributed by atoms with Crippen molar-refractivity contribution < 1.29 is 0 Å². The van der Waals surface area contributed by atoms with Gasteiger partial charge in [0.05, 0.1) is 33.3 Å². The summed E-state index contributed by atoms with van der Waals surface area (Å²) in [6.07, 6.45) is 6.83. The van der Waals surface area contributed by atoms with Gasteiger partial charge in [-0.05, 0) is 106 Å². The molecule has 2 saturated carbocycles. The van der Waals surface area contributed by atoms with Crippen molar-refractivity contribution >= 4 is 65.3 Å². The SMILES string of the molecule is CC1(c2ccc(-c3nc(-n4c5ccccc5c5ccc(-n6c7ccccc7c7cc(-c8ccccc8)ccc76)cc54)nc4ccc5ccccc5c34)cc2)C[C@@H]2CC[C@H](C2)C1. The van der Waals surface area contributed by atoms with Crippen LogP contribution in [-0.4, -0.2) is 19.1 Å². The van der Waals surface area contributed by atoms with Gasteiger partial charge in [0.1, 0.15) is 0 Å². The van der Waals surface area contributed by atoms with Crippen LogP contribution in [0.25, 0.3) is 99.3 Å². The van der Waals surface area contributed by atoms with Crippen LogP contribution in [0.4, 0.5) is 0 Å². The van der Waals surface area contributed by atoms with E-state index in [1.54, 1.807) is 0 Å². The molecular weight excluding hydrogens is 741 g/mol. The largest absolute Gasteiger partial charge is 0.309 e. The highest BCUT2D eigenvalue weighted by molar-refractivity contribution is 6.14. The summed E-state index contributed by atoms with van der Waals surface area (Å²) in [6.45, 7) is 2.51. The average Bonchev–Trinajstić information content (AvgIpc) is 3.96. The Hall–Kier alpha value is -7.04. The van der Waals surface area contributed by atoms with Crippen molar-refractivity contribution in [3.63, 3.8) is 0 Å². The van der Waals surface area contributed by atoms with Crippen LogP contribution in [0.15, 0.2) is 176 Å². The second-order valence-electron chi connectivity index (χ2n) is 18.1. The van der Waals surface area contributed by atoms with Crippen LogP contribution in [0, 0.1) is 11.8 Å². The van der Waals surface area contributed by atoms with E-state index in [9.17, 15) is 0 Å². The Labute approximate surface area is 354 Å². The fraction of sp³-hybridized carbons (Fsp3) is 0.158. The highest BCUT2D eigenvalue weighted by atomic mass is 15.2. The quantitative estimate of drug-likeness (QED) is 0.163. The van der Waals surface area contributed by atoms with Gasteiger partial charge in [-0.25, -0.2) is 9.97 Å². The molecule has 3 aromatic heterocycles. The van der Waals surface area contributed by atoms with Crippen LogP contribution in [0.1, 0.15) is 44.6 Å². The molecule has 2 atom stereocenters.